The van der Waals surface area contributed by atoms with Gasteiger partial charge in [-0.05, 0) is 50.1 Å². The number of likely N-dealkylation sites (N-methyl/N-ethyl adjacent to an activating group) is 1. The minimum atomic E-state index is -0.612. The van der Waals surface area contributed by atoms with Crippen LogP contribution in [0.4, 0.5) is 0 Å². The smallest absolute Gasteiger partial charge is 0.261 e. The minimum Gasteiger partial charge on any atom is -0.484 e. The SMILES string of the molecule is CCNC(=O)C(CC)N(Cc1ccc(Cl)c(Cl)c1)C(=O)COc1ccc(C)cc1. The van der Waals surface area contributed by atoms with E-state index in [2.05, 4.69) is 5.32 Å². The van der Waals surface area contributed by atoms with Crippen molar-refractivity contribution in [1.82, 2.24) is 10.2 Å². The summed E-state index contributed by atoms with van der Waals surface area (Å²) in [5, 5.41) is 3.64. The van der Waals surface area contributed by atoms with Crippen molar-refractivity contribution >= 4 is 35.0 Å². The Morgan fingerprint density at radius 3 is 2.34 bits per heavy atom. The maximum Gasteiger partial charge on any atom is 0.261 e. The van der Waals surface area contributed by atoms with E-state index in [0.717, 1.165) is 11.1 Å². The maximum atomic E-state index is 13.0. The molecular formula is C22H26Cl2N2O3. The molecule has 2 rings (SSSR count). The van der Waals surface area contributed by atoms with Crippen molar-refractivity contribution in [1.29, 1.82) is 0 Å². The molecule has 1 atom stereocenters. The number of amides is 2. The molecule has 5 nitrogen and oxygen atoms in total. The molecule has 0 spiro atoms. The molecule has 0 aromatic heterocycles. The van der Waals surface area contributed by atoms with E-state index in [-0.39, 0.29) is 25.0 Å². The van der Waals surface area contributed by atoms with Gasteiger partial charge in [0.25, 0.3) is 5.91 Å². The van der Waals surface area contributed by atoms with E-state index in [9.17, 15) is 9.59 Å². The molecule has 0 heterocycles. The summed E-state index contributed by atoms with van der Waals surface area (Å²) in [6.07, 6.45) is 0.476. The van der Waals surface area contributed by atoms with E-state index in [1.807, 2.05) is 45.0 Å². The van der Waals surface area contributed by atoms with Crippen LogP contribution in [0.2, 0.25) is 10.0 Å². The molecule has 7 heteroatoms. The van der Waals surface area contributed by atoms with Gasteiger partial charge in [0.05, 0.1) is 10.0 Å². The second-order valence-electron chi connectivity index (χ2n) is 6.69. The van der Waals surface area contributed by atoms with Crippen molar-refractivity contribution in [2.75, 3.05) is 13.2 Å². The average molecular weight is 437 g/mol. The molecule has 0 aliphatic heterocycles. The summed E-state index contributed by atoms with van der Waals surface area (Å²) in [4.78, 5) is 27.1. The van der Waals surface area contributed by atoms with Crippen LogP contribution in [-0.2, 0) is 16.1 Å². The van der Waals surface area contributed by atoms with Crippen LogP contribution in [0.15, 0.2) is 42.5 Å². The molecule has 2 aromatic carbocycles. The van der Waals surface area contributed by atoms with Gasteiger partial charge in [-0.1, -0.05) is 53.9 Å². The number of hydrogen-bond acceptors (Lipinski definition) is 3. The lowest BCUT2D eigenvalue weighted by Gasteiger charge is -2.30. The molecule has 1 unspecified atom stereocenters. The number of benzene rings is 2. The van der Waals surface area contributed by atoms with E-state index in [1.165, 1.54) is 4.90 Å². The lowest BCUT2D eigenvalue weighted by Crippen LogP contribution is -2.50. The van der Waals surface area contributed by atoms with Gasteiger partial charge in [0.1, 0.15) is 11.8 Å². The number of hydrogen-bond donors (Lipinski definition) is 1. The number of aryl methyl sites for hydroxylation is 1. The summed E-state index contributed by atoms with van der Waals surface area (Å²) in [5.74, 6) is 0.123. The normalized spacial score (nSPS) is 11.6. The molecule has 0 aliphatic carbocycles. The van der Waals surface area contributed by atoms with Gasteiger partial charge in [-0.15, -0.1) is 0 Å². The van der Waals surface area contributed by atoms with Gasteiger partial charge in [0.15, 0.2) is 6.61 Å². The van der Waals surface area contributed by atoms with Crippen molar-refractivity contribution < 1.29 is 14.3 Å². The van der Waals surface area contributed by atoms with Crippen molar-refractivity contribution in [3.8, 4) is 5.75 Å². The molecule has 156 valence electrons. The van der Waals surface area contributed by atoms with Crippen molar-refractivity contribution in [3.63, 3.8) is 0 Å². The molecule has 2 aromatic rings. The maximum absolute atomic E-state index is 13.0. The predicted octanol–water partition coefficient (Wildman–Crippen LogP) is 4.62. The molecular weight excluding hydrogens is 411 g/mol. The average Bonchev–Trinajstić information content (AvgIpc) is 2.70. The number of carbonyl (C=O) groups is 2. The number of halogens is 2. The van der Waals surface area contributed by atoms with Crippen molar-refractivity contribution in [2.45, 2.75) is 39.8 Å². The number of nitrogens with zero attached hydrogens (tertiary/aromatic N) is 1. The van der Waals surface area contributed by atoms with Crippen LogP contribution in [0, 0.1) is 6.92 Å². The molecule has 2 amide bonds. The highest BCUT2D eigenvalue weighted by molar-refractivity contribution is 6.42. The zero-order chi connectivity index (χ0) is 21.4. The molecule has 1 N–H and O–H groups in total. The molecule has 0 saturated carbocycles. The van der Waals surface area contributed by atoms with Gasteiger partial charge in [-0.3, -0.25) is 9.59 Å². The Hall–Kier alpha value is -2.24. The van der Waals surface area contributed by atoms with Crippen LogP contribution < -0.4 is 10.1 Å². The van der Waals surface area contributed by atoms with Gasteiger partial charge in [0.2, 0.25) is 5.91 Å². The van der Waals surface area contributed by atoms with Gasteiger partial charge >= 0.3 is 0 Å². The highest BCUT2D eigenvalue weighted by atomic mass is 35.5. The first-order valence-corrected chi connectivity index (χ1v) is 10.3. The summed E-state index contributed by atoms with van der Waals surface area (Å²) >= 11 is 12.1. The van der Waals surface area contributed by atoms with Crippen LogP contribution in [0.25, 0.3) is 0 Å². The zero-order valence-electron chi connectivity index (χ0n) is 16.9. The monoisotopic (exact) mass is 436 g/mol. The van der Waals surface area contributed by atoms with E-state index < -0.39 is 6.04 Å². The number of rotatable bonds is 9. The lowest BCUT2D eigenvalue weighted by atomic mass is 10.1. The van der Waals surface area contributed by atoms with Crippen LogP contribution in [-0.4, -0.2) is 35.9 Å². The predicted molar refractivity (Wildman–Crippen MR) is 116 cm³/mol. The van der Waals surface area contributed by atoms with Crippen LogP contribution in [0.3, 0.4) is 0 Å². The topological polar surface area (TPSA) is 58.6 Å². The van der Waals surface area contributed by atoms with Gasteiger partial charge in [-0.2, -0.15) is 0 Å². The zero-order valence-corrected chi connectivity index (χ0v) is 18.4. The fraction of sp³-hybridized carbons (Fsp3) is 0.364. The van der Waals surface area contributed by atoms with Crippen LogP contribution >= 0.6 is 23.2 Å². The van der Waals surface area contributed by atoms with E-state index in [4.69, 9.17) is 27.9 Å². The Morgan fingerprint density at radius 1 is 1.07 bits per heavy atom. The molecule has 0 saturated heterocycles. The van der Waals surface area contributed by atoms with Crippen LogP contribution in [0.1, 0.15) is 31.4 Å². The van der Waals surface area contributed by atoms with Gasteiger partial charge in [-0.25, -0.2) is 0 Å². The summed E-state index contributed by atoms with van der Waals surface area (Å²) in [6.45, 7) is 6.24. The first-order chi connectivity index (χ1) is 13.8. The largest absolute Gasteiger partial charge is 0.484 e. The summed E-state index contributed by atoms with van der Waals surface area (Å²) < 4.78 is 5.65. The first-order valence-electron chi connectivity index (χ1n) is 9.56. The van der Waals surface area contributed by atoms with Crippen molar-refractivity contribution in [2.24, 2.45) is 0 Å². The third kappa shape index (κ3) is 6.65. The minimum absolute atomic E-state index is 0.166. The molecule has 0 bridgehead atoms. The summed E-state index contributed by atoms with van der Waals surface area (Å²) in [5.41, 5.74) is 1.89. The van der Waals surface area contributed by atoms with E-state index >= 15 is 0 Å². The molecule has 29 heavy (non-hydrogen) atoms. The number of carbonyl (C=O) groups excluding carboxylic acids is 2. The Bertz CT molecular complexity index is 840. The van der Waals surface area contributed by atoms with Crippen LogP contribution in [0.5, 0.6) is 5.75 Å². The highest BCUT2D eigenvalue weighted by Crippen LogP contribution is 2.24. The second-order valence-corrected chi connectivity index (χ2v) is 7.50. The Morgan fingerprint density at radius 2 is 1.76 bits per heavy atom. The van der Waals surface area contributed by atoms with Gasteiger partial charge < -0.3 is 15.0 Å². The Labute approximate surface area is 181 Å². The van der Waals surface area contributed by atoms with Gasteiger partial charge in [0, 0.05) is 13.1 Å². The van der Waals surface area contributed by atoms with Crippen molar-refractivity contribution in [3.05, 3.63) is 63.6 Å². The molecule has 0 fully saturated rings. The lowest BCUT2D eigenvalue weighted by molar-refractivity contribution is -0.142. The highest BCUT2D eigenvalue weighted by Gasteiger charge is 2.28. The number of nitrogens with one attached hydrogen (secondary N) is 1. The fourth-order valence-corrected chi connectivity index (χ4v) is 3.23. The molecule has 0 aliphatic rings. The van der Waals surface area contributed by atoms with E-state index in [0.29, 0.717) is 28.8 Å². The summed E-state index contributed by atoms with van der Waals surface area (Å²) in [6, 6.07) is 12.0. The fourth-order valence-electron chi connectivity index (χ4n) is 2.91. The second kappa shape index (κ2) is 11.1. The third-order valence-corrected chi connectivity index (χ3v) is 5.20. The first kappa shape index (κ1) is 23.0. The Balaban J connectivity index is 2.21. The van der Waals surface area contributed by atoms with E-state index in [1.54, 1.807) is 18.2 Å². The quantitative estimate of drug-likeness (QED) is 0.623. The molecule has 0 radical (unpaired) electrons. The number of ether oxygens (including phenoxy) is 1. The third-order valence-electron chi connectivity index (χ3n) is 4.46. The summed E-state index contributed by atoms with van der Waals surface area (Å²) in [7, 11) is 0. The Kier molecular flexibility index (Phi) is 8.80. The standard InChI is InChI=1S/C22H26Cl2N2O3/c1-4-20(22(28)25-5-2)26(13-16-8-11-18(23)19(24)12-16)21(27)14-29-17-9-6-15(3)7-10-17/h6-12,20H,4-5,13-14H2,1-3H3,(H,25,28).